The van der Waals surface area contributed by atoms with E-state index in [1.54, 1.807) is 27.7 Å². The fraction of sp³-hybridized carbons (Fsp3) is 0.652. The van der Waals surface area contributed by atoms with Crippen molar-refractivity contribution in [3.8, 4) is 0 Å². The van der Waals surface area contributed by atoms with Crippen molar-refractivity contribution in [2.45, 2.75) is 84.8 Å². The van der Waals surface area contributed by atoms with Gasteiger partial charge in [0, 0.05) is 50.1 Å². The molecule has 0 saturated carbocycles. The molecule has 190 valence electrons. The zero-order valence-electron chi connectivity index (χ0n) is 20.8. The Hall–Kier alpha value is -3.08. The SMILES string of the molecule is CC.CC(C)(CCOC(C)(C)CC(=O)ON1C(=O)CCC1=O)NC(=O)CCN1C(=O)C=CC1=O. The summed E-state index contributed by atoms with van der Waals surface area (Å²) in [5, 5.41) is 3.33. The fourth-order valence-corrected chi connectivity index (χ4v) is 3.14. The van der Waals surface area contributed by atoms with E-state index in [0.29, 0.717) is 11.5 Å². The number of ether oxygens (including phenoxy) is 1. The maximum atomic E-state index is 12.2. The van der Waals surface area contributed by atoms with E-state index in [0.717, 1.165) is 4.90 Å². The minimum Gasteiger partial charge on any atom is -0.375 e. The number of amides is 5. The molecule has 0 aliphatic carbocycles. The highest BCUT2D eigenvalue weighted by atomic mass is 16.7. The molecule has 11 heteroatoms. The Labute approximate surface area is 199 Å². The van der Waals surface area contributed by atoms with Gasteiger partial charge in [0.2, 0.25) is 5.91 Å². The molecule has 2 rings (SSSR count). The molecule has 2 aliphatic heterocycles. The van der Waals surface area contributed by atoms with Crippen molar-refractivity contribution in [3.63, 3.8) is 0 Å². The fourth-order valence-electron chi connectivity index (χ4n) is 3.14. The molecule has 2 aliphatic rings. The molecule has 0 unspecified atom stereocenters. The van der Waals surface area contributed by atoms with E-state index in [1.165, 1.54) is 12.2 Å². The Morgan fingerprint density at radius 3 is 2.03 bits per heavy atom. The number of rotatable bonds is 11. The van der Waals surface area contributed by atoms with Gasteiger partial charge in [-0.1, -0.05) is 13.8 Å². The smallest absolute Gasteiger partial charge is 0.336 e. The van der Waals surface area contributed by atoms with Crippen LogP contribution in [0.2, 0.25) is 0 Å². The molecular weight excluding hydrogens is 446 g/mol. The predicted molar refractivity (Wildman–Crippen MR) is 120 cm³/mol. The van der Waals surface area contributed by atoms with E-state index in [4.69, 9.17) is 9.57 Å². The predicted octanol–water partition coefficient (Wildman–Crippen LogP) is 1.41. The van der Waals surface area contributed by atoms with Gasteiger partial charge in [-0.25, -0.2) is 4.79 Å². The maximum absolute atomic E-state index is 12.2. The van der Waals surface area contributed by atoms with Gasteiger partial charge in [-0.2, -0.15) is 0 Å². The third-order valence-electron chi connectivity index (χ3n) is 4.93. The van der Waals surface area contributed by atoms with Crippen LogP contribution < -0.4 is 5.32 Å². The summed E-state index contributed by atoms with van der Waals surface area (Å²) in [5.41, 5.74) is -1.56. The Balaban J connectivity index is 0.00000281. The normalized spacial score (nSPS) is 16.1. The van der Waals surface area contributed by atoms with Crippen LogP contribution in [0, 0.1) is 0 Å². The average molecular weight is 482 g/mol. The van der Waals surface area contributed by atoms with E-state index in [1.807, 2.05) is 13.8 Å². The first-order valence-corrected chi connectivity index (χ1v) is 11.3. The second-order valence-corrected chi connectivity index (χ2v) is 8.92. The molecule has 0 spiro atoms. The molecule has 34 heavy (non-hydrogen) atoms. The van der Waals surface area contributed by atoms with Crippen molar-refractivity contribution >= 4 is 35.5 Å². The lowest BCUT2D eigenvalue weighted by atomic mass is 10.00. The van der Waals surface area contributed by atoms with E-state index < -0.39 is 40.7 Å². The molecule has 5 amide bonds. The Kier molecular flexibility index (Phi) is 10.6. The standard InChI is InChI=1S/C21H29N3O8.C2H6/c1-20(2,22-14(25)9-11-23-15(26)5-6-16(23)27)10-12-31-21(3,4)13-19(30)32-24-17(28)7-8-18(24)29;1-2/h5-6H,7-13H2,1-4H3,(H,22,25);1-2H3. The molecular formula is C23H35N3O8. The van der Waals surface area contributed by atoms with Crippen molar-refractivity contribution < 1.29 is 38.3 Å². The van der Waals surface area contributed by atoms with Gasteiger partial charge in [0.15, 0.2) is 0 Å². The quantitative estimate of drug-likeness (QED) is 0.437. The van der Waals surface area contributed by atoms with Gasteiger partial charge in [-0.15, -0.1) is 5.06 Å². The summed E-state index contributed by atoms with van der Waals surface area (Å²) in [6.07, 6.45) is 2.60. The van der Waals surface area contributed by atoms with Gasteiger partial charge in [0.05, 0.1) is 12.0 Å². The minimum absolute atomic E-state index is 0.000244. The second-order valence-electron chi connectivity index (χ2n) is 8.92. The number of nitrogens with zero attached hydrogens (tertiary/aromatic N) is 2. The first-order valence-electron chi connectivity index (χ1n) is 11.3. The van der Waals surface area contributed by atoms with Gasteiger partial charge < -0.3 is 14.9 Å². The van der Waals surface area contributed by atoms with Crippen LogP contribution in [0.4, 0.5) is 0 Å². The van der Waals surface area contributed by atoms with Crippen LogP contribution >= 0.6 is 0 Å². The van der Waals surface area contributed by atoms with Crippen LogP contribution in [0.15, 0.2) is 12.2 Å². The topological polar surface area (TPSA) is 139 Å². The molecule has 1 N–H and O–H groups in total. The molecule has 0 aromatic heterocycles. The van der Waals surface area contributed by atoms with Gasteiger partial charge in [-0.05, 0) is 34.1 Å². The average Bonchev–Trinajstić information content (AvgIpc) is 3.22. The highest BCUT2D eigenvalue weighted by Gasteiger charge is 2.35. The summed E-state index contributed by atoms with van der Waals surface area (Å²) in [4.78, 5) is 76.3. The number of hydrogen-bond donors (Lipinski definition) is 1. The molecule has 0 bridgehead atoms. The summed E-state index contributed by atoms with van der Waals surface area (Å²) < 4.78 is 5.76. The van der Waals surface area contributed by atoms with Gasteiger partial charge in [0.1, 0.15) is 0 Å². The van der Waals surface area contributed by atoms with Crippen molar-refractivity contribution in [2.24, 2.45) is 0 Å². The number of hydrogen-bond acceptors (Lipinski definition) is 8. The van der Waals surface area contributed by atoms with Gasteiger partial charge in [-0.3, -0.25) is 28.9 Å². The number of nitrogens with one attached hydrogen (secondary N) is 1. The maximum Gasteiger partial charge on any atom is 0.336 e. The third-order valence-corrected chi connectivity index (χ3v) is 4.93. The monoisotopic (exact) mass is 481 g/mol. The molecule has 0 aromatic carbocycles. The van der Waals surface area contributed by atoms with Gasteiger partial charge in [0.25, 0.3) is 23.6 Å². The van der Waals surface area contributed by atoms with Crippen LogP contribution in [-0.4, -0.2) is 69.8 Å². The second kappa shape index (κ2) is 12.4. The lowest BCUT2D eigenvalue weighted by Crippen LogP contribution is -2.46. The Morgan fingerprint density at radius 1 is 0.971 bits per heavy atom. The number of carbonyl (C=O) groups excluding carboxylic acids is 6. The lowest BCUT2D eigenvalue weighted by molar-refractivity contribution is -0.200. The van der Waals surface area contributed by atoms with Crippen LogP contribution in [0.1, 0.15) is 73.6 Å². The number of carbonyl (C=O) groups is 6. The summed E-state index contributed by atoms with van der Waals surface area (Å²) in [5.74, 6) is -3.04. The van der Waals surface area contributed by atoms with Crippen molar-refractivity contribution in [1.82, 2.24) is 15.3 Å². The third kappa shape index (κ3) is 9.05. The van der Waals surface area contributed by atoms with E-state index in [-0.39, 0.29) is 44.7 Å². The highest BCUT2D eigenvalue weighted by molar-refractivity contribution is 6.13. The molecule has 1 saturated heterocycles. The largest absolute Gasteiger partial charge is 0.375 e. The molecule has 0 atom stereocenters. The first kappa shape index (κ1) is 29.0. The summed E-state index contributed by atoms with van der Waals surface area (Å²) >= 11 is 0. The number of hydroxylamine groups is 2. The highest BCUT2D eigenvalue weighted by Crippen LogP contribution is 2.20. The summed E-state index contributed by atoms with van der Waals surface area (Å²) in [6, 6.07) is 0. The first-order chi connectivity index (χ1) is 15.8. The number of imide groups is 2. The van der Waals surface area contributed by atoms with E-state index >= 15 is 0 Å². The van der Waals surface area contributed by atoms with Crippen molar-refractivity contribution in [2.75, 3.05) is 13.2 Å². The van der Waals surface area contributed by atoms with Crippen LogP contribution in [-0.2, 0) is 38.3 Å². The molecule has 2 heterocycles. The molecule has 1 fully saturated rings. The zero-order valence-corrected chi connectivity index (χ0v) is 20.8. The van der Waals surface area contributed by atoms with Crippen molar-refractivity contribution in [3.05, 3.63) is 12.2 Å². The lowest BCUT2D eigenvalue weighted by Gasteiger charge is -2.30. The molecule has 11 nitrogen and oxygen atoms in total. The van der Waals surface area contributed by atoms with E-state index in [2.05, 4.69) is 5.32 Å². The molecule has 0 aromatic rings. The summed E-state index contributed by atoms with van der Waals surface area (Å²) in [6.45, 7) is 11.2. The zero-order chi connectivity index (χ0) is 26.1. The molecule has 0 radical (unpaired) electrons. The minimum atomic E-state index is -0.924. The summed E-state index contributed by atoms with van der Waals surface area (Å²) in [7, 11) is 0. The van der Waals surface area contributed by atoms with Crippen LogP contribution in [0.5, 0.6) is 0 Å². The van der Waals surface area contributed by atoms with E-state index in [9.17, 15) is 28.8 Å². The van der Waals surface area contributed by atoms with Crippen LogP contribution in [0.3, 0.4) is 0 Å². The Bertz CT molecular complexity index is 813. The van der Waals surface area contributed by atoms with Crippen LogP contribution in [0.25, 0.3) is 0 Å². The Morgan fingerprint density at radius 2 is 1.50 bits per heavy atom. The van der Waals surface area contributed by atoms with Gasteiger partial charge >= 0.3 is 5.97 Å². The van der Waals surface area contributed by atoms with Crippen molar-refractivity contribution in [1.29, 1.82) is 0 Å².